The van der Waals surface area contributed by atoms with Crippen LogP contribution in [0.15, 0.2) is 67.0 Å². The summed E-state index contributed by atoms with van der Waals surface area (Å²) in [6.07, 6.45) is 11.6. The van der Waals surface area contributed by atoms with E-state index in [1.54, 1.807) is 19.1 Å². The number of phenolic OH excluding ortho intramolecular Hbond substituents is 1. The number of nitrogens with one attached hydrogen (secondary N) is 3. The van der Waals surface area contributed by atoms with Crippen LogP contribution in [0.4, 0.5) is 17.5 Å². The number of aromatic hydroxyl groups is 1. The molecule has 2 aromatic heterocycles. The van der Waals surface area contributed by atoms with Gasteiger partial charge in [-0.3, -0.25) is 14.4 Å². The molecule has 72 heavy (non-hydrogen) atoms. The second kappa shape index (κ2) is 21.8. The van der Waals surface area contributed by atoms with Gasteiger partial charge >= 0.3 is 0 Å². The maximum Gasteiger partial charge on any atom is 0.246 e. The summed E-state index contributed by atoms with van der Waals surface area (Å²) in [5, 5.41) is 39.5. The van der Waals surface area contributed by atoms with Crippen molar-refractivity contribution in [2.24, 2.45) is 16.7 Å². The summed E-state index contributed by atoms with van der Waals surface area (Å²) in [7, 11) is 0. The van der Waals surface area contributed by atoms with Crippen molar-refractivity contribution in [2.45, 2.75) is 129 Å². The fourth-order valence-electron chi connectivity index (χ4n) is 11.8. The maximum atomic E-state index is 14.3. The molecule has 3 atom stereocenters. The van der Waals surface area contributed by atoms with Gasteiger partial charge in [-0.2, -0.15) is 0 Å². The van der Waals surface area contributed by atoms with Gasteiger partial charge in [-0.05, 0) is 137 Å². The summed E-state index contributed by atoms with van der Waals surface area (Å²) >= 11 is 0. The number of amides is 3. The van der Waals surface area contributed by atoms with E-state index in [0.29, 0.717) is 29.8 Å². The summed E-state index contributed by atoms with van der Waals surface area (Å²) in [5.74, 6) is 7.11. The number of aliphatic hydroxyl groups is 1. The van der Waals surface area contributed by atoms with Gasteiger partial charge in [-0.25, -0.2) is 9.97 Å². The normalized spacial score (nSPS) is 24.2. The standard InChI is InChI=1S/C56H73N11O5/c1-6-10-37-13-15-38(16-14-37)33-58-52(71)47-29-43(68)36-67(47)53(72)49(55(3,4)5)61-51(70)40-17-21-56(22-18-40)31-42(32-56)64-23-19-39(20-24-64)41-34-59-54(60-35-41)66-27-25-65(26-28-66)46-30-45(62-63-50(46)57-7-2)44-11-8-9-12-48(44)69/h8-9,11-16,30,34-35,39-40,42-43,47,49,68-69H,7,17-29,31-33,36H2,1-5H3,(H,57,63)(H,58,71)(H,61,70)/t40-,42-,43-,47+,49-,56?/m1/s1. The average molecular weight is 980 g/mol. The Morgan fingerprint density at radius 1 is 0.875 bits per heavy atom. The molecule has 9 rings (SSSR count). The van der Waals surface area contributed by atoms with E-state index in [2.05, 4.69) is 52.7 Å². The first-order chi connectivity index (χ1) is 34.7. The van der Waals surface area contributed by atoms with Crippen molar-refractivity contribution >= 4 is 35.2 Å². The Morgan fingerprint density at radius 2 is 1.56 bits per heavy atom. The van der Waals surface area contributed by atoms with Gasteiger partial charge in [0.25, 0.3) is 0 Å². The van der Waals surface area contributed by atoms with Crippen LogP contribution in [0.1, 0.15) is 115 Å². The number of anilines is 3. The van der Waals surface area contributed by atoms with Crippen LogP contribution in [0.3, 0.4) is 0 Å². The number of hydrogen-bond donors (Lipinski definition) is 5. The van der Waals surface area contributed by atoms with E-state index in [0.717, 1.165) is 113 Å². The predicted octanol–water partition coefficient (Wildman–Crippen LogP) is 6.10. The molecule has 5 aliphatic rings. The number of rotatable bonds is 13. The topological polar surface area (TPSA) is 192 Å². The highest BCUT2D eigenvalue weighted by Crippen LogP contribution is 2.55. The summed E-state index contributed by atoms with van der Waals surface area (Å²) in [5.41, 5.74) is 4.95. The molecule has 16 nitrogen and oxygen atoms in total. The highest BCUT2D eigenvalue weighted by atomic mass is 16.3. The fourth-order valence-corrected chi connectivity index (χ4v) is 11.8. The first-order valence-corrected chi connectivity index (χ1v) is 26.2. The van der Waals surface area contributed by atoms with Gasteiger partial charge in [0, 0.05) is 87.7 Å². The molecule has 1 spiro atoms. The molecule has 0 bridgehead atoms. The van der Waals surface area contributed by atoms with E-state index < -0.39 is 23.6 Å². The Labute approximate surface area is 424 Å². The number of hydrogen-bond acceptors (Lipinski definition) is 13. The van der Waals surface area contributed by atoms with Crippen LogP contribution in [0, 0.1) is 28.6 Å². The first kappa shape index (κ1) is 50.6. The average Bonchev–Trinajstić information content (AvgIpc) is 3.78. The highest BCUT2D eigenvalue weighted by Gasteiger charge is 2.50. The number of aromatic nitrogens is 4. The second-order valence-corrected chi connectivity index (χ2v) is 21.9. The number of β-amino-alcohol motifs (C(OH)–C–C–N with tert-alkyl or cyclic N) is 1. The molecule has 5 N–H and O–H groups in total. The van der Waals surface area contributed by atoms with Crippen LogP contribution in [0.25, 0.3) is 11.3 Å². The molecule has 382 valence electrons. The molecule has 3 aliphatic heterocycles. The van der Waals surface area contributed by atoms with Gasteiger partial charge < -0.3 is 45.8 Å². The summed E-state index contributed by atoms with van der Waals surface area (Å²) < 4.78 is 0. The molecule has 2 saturated carbocycles. The largest absolute Gasteiger partial charge is 0.507 e. The summed E-state index contributed by atoms with van der Waals surface area (Å²) in [6, 6.07) is 15.8. The zero-order chi connectivity index (χ0) is 50.6. The lowest BCUT2D eigenvalue weighted by Crippen LogP contribution is -2.59. The molecule has 16 heteroatoms. The fraction of sp³-hybridized carbons (Fsp3) is 0.554. The van der Waals surface area contributed by atoms with Crippen molar-refractivity contribution in [3.8, 4) is 28.8 Å². The summed E-state index contributed by atoms with van der Waals surface area (Å²) in [4.78, 5) is 60.2. The zero-order valence-corrected chi connectivity index (χ0v) is 42.7. The van der Waals surface area contributed by atoms with Crippen molar-refractivity contribution in [3.05, 3.63) is 83.7 Å². The Bertz CT molecular complexity index is 2600. The van der Waals surface area contributed by atoms with E-state index in [1.807, 2.05) is 82.6 Å². The van der Waals surface area contributed by atoms with Gasteiger partial charge in [-0.1, -0.05) is 51.0 Å². The Balaban J connectivity index is 0.712. The zero-order valence-electron chi connectivity index (χ0n) is 42.7. The minimum absolute atomic E-state index is 0.0485. The Hall–Kier alpha value is -6.31. The maximum absolute atomic E-state index is 14.3. The highest BCUT2D eigenvalue weighted by molar-refractivity contribution is 5.93. The third-order valence-electron chi connectivity index (χ3n) is 16.1. The summed E-state index contributed by atoms with van der Waals surface area (Å²) in [6.45, 7) is 15.9. The second-order valence-electron chi connectivity index (χ2n) is 21.9. The van der Waals surface area contributed by atoms with Gasteiger partial charge in [0.2, 0.25) is 23.7 Å². The van der Waals surface area contributed by atoms with Crippen LogP contribution in [0.5, 0.6) is 5.75 Å². The third kappa shape index (κ3) is 11.3. The molecule has 3 saturated heterocycles. The van der Waals surface area contributed by atoms with E-state index in [-0.39, 0.29) is 47.8 Å². The van der Waals surface area contributed by atoms with Gasteiger partial charge in [-0.15, -0.1) is 16.1 Å². The molecular weight excluding hydrogens is 907 g/mol. The molecule has 5 heterocycles. The molecule has 3 amide bonds. The number of nitrogens with zero attached hydrogens (tertiary/aromatic N) is 8. The molecular formula is C56H73N11O5. The molecule has 2 aliphatic carbocycles. The van der Waals surface area contributed by atoms with Crippen LogP contribution in [-0.4, -0.2) is 134 Å². The lowest BCUT2D eigenvalue weighted by Gasteiger charge is -2.55. The number of piperidine rings is 1. The Morgan fingerprint density at radius 3 is 2.21 bits per heavy atom. The monoisotopic (exact) mass is 980 g/mol. The van der Waals surface area contributed by atoms with Crippen molar-refractivity contribution < 1.29 is 24.6 Å². The molecule has 2 aromatic carbocycles. The number of para-hydroxylation sites is 1. The van der Waals surface area contributed by atoms with Crippen LogP contribution in [-0.2, 0) is 20.9 Å². The molecule has 5 fully saturated rings. The number of piperazine rings is 1. The number of likely N-dealkylation sites (tertiary alicyclic amines) is 2. The van der Waals surface area contributed by atoms with Gasteiger partial charge in [0.15, 0.2) is 5.82 Å². The van der Waals surface area contributed by atoms with Crippen LogP contribution >= 0.6 is 0 Å². The van der Waals surface area contributed by atoms with E-state index in [4.69, 9.17) is 9.97 Å². The van der Waals surface area contributed by atoms with E-state index in [1.165, 1.54) is 23.3 Å². The Kier molecular flexibility index (Phi) is 15.3. The quantitative estimate of drug-likeness (QED) is 0.0968. The number of carbonyl (C=O) groups is 3. The minimum Gasteiger partial charge on any atom is -0.507 e. The van der Waals surface area contributed by atoms with Crippen LogP contribution in [0.2, 0.25) is 0 Å². The smallest absolute Gasteiger partial charge is 0.246 e. The predicted molar refractivity (Wildman–Crippen MR) is 279 cm³/mol. The van der Waals surface area contributed by atoms with E-state index in [9.17, 15) is 24.6 Å². The van der Waals surface area contributed by atoms with E-state index >= 15 is 0 Å². The number of aliphatic hydroxyl groups excluding tert-OH is 1. The SMILES string of the molecule is CC#Cc1ccc(CNC(=O)[C@@H]2C[C@@H](O)CN2C(=O)[C@@H](NC(=O)[C@H]2CCC3(CC2)C[C@H](N2CCC(c4cnc(N5CCN(c6cc(-c7ccccc7O)nnc6NCC)CC5)nc4)CC2)C3)C(C)(C)C)cc1. The lowest BCUT2D eigenvalue weighted by atomic mass is 9.56. The van der Waals surface area contributed by atoms with Gasteiger partial charge in [0.05, 0.1) is 17.5 Å². The molecule has 0 unspecified atom stereocenters. The van der Waals surface area contributed by atoms with Crippen LogP contribution < -0.4 is 25.8 Å². The third-order valence-corrected chi connectivity index (χ3v) is 16.1. The first-order valence-electron chi connectivity index (χ1n) is 26.2. The van der Waals surface area contributed by atoms with Crippen molar-refractivity contribution in [2.75, 3.05) is 67.5 Å². The van der Waals surface area contributed by atoms with Crippen molar-refractivity contribution in [3.63, 3.8) is 0 Å². The number of benzene rings is 2. The number of phenols is 1. The molecule has 4 aromatic rings. The number of carbonyl (C=O) groups excluding carboxylic acids is 3. The lowest BCUT2D eigenvalue weighted by molar-refractivity contribution is -0.145. The van der Waals surface area contributed by atoms with Crippen molar-refractivity contribution in [1.82, 2.24) is 40.6 Å². The van der Waals surface area contributed by atoms with Crippen molar-refractivity contribution in [1.29, 1.82) is 0 Å². The molecule has 0 radical (unpaired) electrons. The van der Waals surface area contributed by atoms with Gasteiger partial charge in [0.1, 0.15) is 17.8 Å². The minimum atomic E-state index is -0.835.